The van der Waals surface area contributed by atoms with E-state index in [-0.39, 0.29) is 16.4 Å². The molecule has 3 nitrogen and oxygen atoms in total. The van der Waals surface area contributed by atoms with Crippen molar-refractivity contribution in [1.82, 2.24) is 9.78 Å². The zero-order valence-corrected chi connectivity index (χ0v) is 8.56. The number of rotatable bonds is 3. The van der Waals surface area contributed by atoms with Crippen LogP contribution in [0.2, 0.25) is 5.15 Å². The molecular formula is C8H8ClF3N2O. The first-order valence-corrected chi connectivity index (χ1v) is 4.54. The molecule has 1 aromatic rings. The highest BCUT2D eigenvalue weighted by Crippen LogP contribution is 2.25. The second kappa shape index (κ2) is 4.22. The number of hydrogen-bond acceptors (Lipinski definition) is 2. The molecule has 0 aliphatic rings. The first-order chi connectivity index (χ1) is 6.89. The number of carbonyl (C=O) groups is 1. The molecule has 0 radical (unpaired) electrons. The van der Waals surface area contributed by atoms with E-state index in [9.17, 15) is 18.0 Å². The average molecular weight is 241 g/mol. The summed E-state index contributed by atoms with van der Waals surface area (Å²) in [5.74, 6) is 0. The molecular weight excluding hydrogens is 233 g/mol. The molecule has 0 N–H and O–H groups in total. The van der Waals surface area contributed by atoms with Crippen molar-refractivity contribution in [3.63, 3.8) is 0 Å². The Morgan fingerprint density at radius 3 is 2.53 bits per heavy atom. The van der Waals surface area contributed by atoms with Crippen LogP contribution in [0.1, 0.15) is 23.0 Å². The molecule has 0 saturated carbocycles. The zero-order chi connectivity index (χ0) is 11.6. The van der Waals surface area contributed by atoms with Crippen molar-refractivity contribution in [3.8, 4) is 0 Å². The van der Waals surface area contributed by atoms with Crippen molar-refractivity contribution in [1.29, 1.82) is 0 Å². The monoisotopic (exact) mass is 240 g/mol. The van der Waals surface area contributed by atoms with Crippen LogP contribution in [0.25, 0.3) is 0 Å². The summed E-state index contributed by atoms with van der Waals surface area (Å²) in [5.41, 5.74) is -0.514. The van der Waals surface area contributed by atoms with E-state index in [0.29, 0.717) is 12.8 Å². The van der Waals surface area contributed by atoms with E-state index in [0.717, 1.165) is 4.68 Å². The number of aromatic nitrogens is 2. The third-order valence-corrected chi connectivity index (χ3v) is 2.19. The number of halogens is 4. The van der Waals surface area contributed by atoms with Crippen molar-refractivity contribution in [2.45, 2.75) is 26.1 Å². The van der Waals surface area contributed by atoms with Gasteiger partial charge >= 0.3 is 6.18 Å². The average Bonchev–Trinajstić information content (AvgIpc) is 2.39. The molecule has 0 aliphatic heterocycles. The molecule has 0 spiro atoms. The smallest absolute Gasteiger partial charge is 0.298 e. The largest absolute Gasteiger partial charge is 0.394 e. The van der Waals surface area contributed by atoms with Gasteiger partial charge in [0.1, 0.15) is 5.15 Å². The quantitative estimate of drug-likeness (QED) is 0.761. The second-order valence-corrected chi connectivity index (χ2v) is 3.23. The Balaban J connectivity index is 3.12. The van der Waals surface area contributed by atoms with Crippen LogP contribution in [-0.2, 0) is 13.0 Å². The van der Waals surface area contributed by atoms with Gasteiger partial charge in [-0.1, -0.05) is 11.6 Å². The summed E-state index contributed by atoms with van der Waals surface area (Å²) in [7, 11) is 0. The molecule has 15 heavy (non-hydrogen) atoms. The van der Waals surface area contributed by atoms with Gasteiger partial charge in [0.15, 0.2) is 6.29 Å². The van der Waals surface area contributed by atoms with Crippen LogP contribution in [0.3, 0.4) is 0 Å². The number of aryl methyl sites for hydroxylation is 1. The lowest BCUT2D eigenvalue weighted by Crippen LogP contribution is -2.13. The SMILES string of the molecule is CCn1nc(CC(F)(F)F)c(C=O)c1Cl. The van der Waals surface area contributed by atoms with Gasteiger partial charge in [0.05, 0.1) is 17.7 Å². The molecule has 0 bridgehead atoms. The molecule has 0 saturated heterocycles. The number of hydrogen-bond donors (Lipinski definition) is 0. The highest BCUT2D eigenvalue weighted by Gasteiger charge is 2.31. The normalized spacial score (nSPS) is 11.8. The maximum absolute atomic E-state index is 12.1. The first kappa shape index (κ1) is 12.0. The van der Waals surface area contributed by atoms with E-state index in [1.807, 2.05) is 0 Å². The third kappa shape index (κ3) is 2.71. The predicted molar refractivity (Wildman–Crippen MR) is 48.1 cm³/mol. The van der Waals surface area contributed by atoms with E-state index in [4.69, 9.17) is 11.6 Å². The minimum atomic E-state index is -4.39. The fraction of sp³-hybridized carbons (Fsp3) is 0.500. The van der Waals surface area contributed by atoms with Crippen LogP contribution in [0.15, 0.2) is 0 Å². The Hall–Kier alpha value is -1.04. The van der Waals surface area contributed by atoms with E-state index >= 15 is 0 Å². The Morgan fingerprint density at radius 1 is 1.53 bits per heavy atom. The minimum absolute atomic E-state index is 0.0493. The molecule has 0 atom stereocenters. The number of aldehydes is 1. The highest BCUT2D eigenvalue weighted by atomic mass is 35.5. The van der Waals surface area contributed by atoms with Crippen LogP contribution in [0.4, 0.5) is 13.2 Å². The lowest BCUT2D eigenvalue weighted by atomic mass is 10.2. The van der Waals surface area contributed by atoms with Gasteiger partial charge in [0.2, 0.25) is 0 Å². The summed E-state index contributed by atoms with van der Waals surface area (Å²) >= 11 is 5.66. The minimum Gasteiger partial charge on any atom is -0.298 e. The van der Waals surface area contributed by atoms with Gasteiger partial charge in [0.25, 0.3) is 0 Å². The lowest BCUT2D eigenvalue weighted by molar-refractivity contribution is -0.127. The van der Waals surface area contributed by atoms with E-state index in [2.05, 4.69) is 5.10 Å². The number of alkyl halides is 3. The van der Waals surface area contributed by atoms with Crippen LogP contribution >= 0.6 is 11.6 Å². The summed E-state index contributed by atoms with van der Waals surface area (Å²) < 4.78 is 37.4. The molecule has 7 heteroatoms. The van der Waals surface area contributed by atoms with E-state index in [1.54, 1.807) is 6.92 Å². The summed E-state index contributed by atoms with van der Waals surface area (Å²) in [4.78, 5) is 10.6. The lowest BCUT2D eigenvalue weighted by Gasteiger charge is -2.02. The van der Waals surface area contributed by atoms with Crippen molar-refractivity contribution in [3.05, 3.63) is 16.4 Å². The van der Waals surface area contributed by atoms with Crippen LogP contribution < -0.4 is 0 Å². The topological polar surface area (TPSA) is 34.9 Å². The molecule has 0 amide bonds. The molecule has 0 aromatic carbocycles. The Kier molecular flexibility index (Phi) is 3.38. The Morgan fingerprint density at radius 2 is 2.13 bits per heavy atom. The van der Waals surface area contributed by atoms with Gasteiger partial charge in [-0.05, 0) is 6.92 Å². The molecule has 0 unspecified atom stereocenters. The summed E-state index contributed by atoms with van der Waals surface area (Å²) in [5, 5.41) is 3.57. The third-order valence-electron chi connectivity index (χ3n) is 1.79. The van der Waals surface area contributed by atoms with Gasteiger partial charge < -0.3 is 0 Å². The van der Waals surface area contributed by atoms with Gasteiger partial charge in [-0.2, -0.15) is 18.3 Å². The van der Waals surface area contributed by atoms with Gasteiger partial charge in [-0.3, -0.25) is 9.48 Å². The van der Waals surface area contributed by atoms with Crippen molar-refractivity contribution in [2.75, 3.05) is 0 Å². The standard InChI is InChI=1S/C8H8ClF3N2O/c1-2-14-7(9)5(4-15)6(13-14)3-8(10,11)12/h4H,2-3H2,1H3. The van der Waals surface area contributed by atoms with Crippen LogP contribution in [-0.4, -0.2) is 22.2 Å². The maximum atomic E-state index is 12.1. The summed E-state index contributed by atoms with van der Waals surface area (Å²) in [6.07, 6.45) is -5.34. The Labute approximate surface area is 88.8 Å². The molecule has 1 rings (SSSR count). The van der Waals surface area contributed by atoms with Gasteiger partial charge in [0, 0.05) is 6.54 Å². The van der Waals surface area contributed by atoms with Crippen molar-refractivity contribution in [2.24, 2.45) is 0 Å². The number of nitrogens with zero attached hydrogens (tertiary/aromatic N) is 2. The number of carbonyl (C=O) groups excluding carboxylic acids is 1. The summed E-state index contributed by atoms with van der Waals surface area (Å²) in [6.45, 7) is 1.99. The van der Waals surface area contributed by atoms with Gasteiger partial charge in [-0.15, -0.1) is 0 Å². The zero-order valence-electron chi connectivity index (χ0n) is 7.81. The van der Waals surface area contributed by atoms with Crippen molar-refractivity contribution < 1.29 is 18.0 Å². The molecule has 84 valence electrons. The van der Waals surface area contributed by atoms with Crippen LogP contribution in [0.5, 0.6) is 0 Å². The molecule has 1 heterocycles. The van der Waals surface area contributed by atoms with Crippen LogP contribution in [0, 0.1) is 0 Å². The highest BCUT2D eigenvalue weighted by molar-refractivity contribution is 6.32. The molecule has 0 aliphatic carbocycles. The van der Waals surface area contributed by atoms with E-state index in [1.165, 1.54) is 0 Å². The fourth-order valence-electron chi connectivity index (χ4n) is 1.15. The molecule has 1 aromatic heterocycles. The second-order valence-electron chi connectivity index (χ2n) is 2.88. The maximum Gasteiger partial charge on any atom is 0.394 e. The fourth-order valence-corrected chi connectivity index (χ4v) is 1.46. The molecule has 0 fully saturated rings. The first-order valence-electron chi connectivity index (χ1n) is 4.16. The van der Waals surface area contributed by atoms with Gasteiger partial charge in [-0.25, -0.2) is 0 Å². The summed E-state index contributed by atoms with van der Waals surface area (Å²) in [6, 6.07) is 0. The van der Waals surface area contributed by atoms with E-state index < -0.39 is 12.6 Å². The Bertz CT molecular complexity index is 373. The van der Waals surface area contributed by atoms with Crippen molar-refractivity contribution >= 4 is 17.9 Å². The predicted octanol–water partition coefficient (Wildman–Crippen LogP) is 2.47.